The van der Waals surface area contributed by atoms with E-state index in [9.17, 15) is 13.6 Å². The van der Waals surface area contributed by atoms with Crippen LogP contribution in [0.15, 0.2) is 12.7 Å². The third-order valence-corrected chi connectivity index (χ3v) is 1.53. The van der Waals surface area contributed by atoms with Gasteiger partial charge in [-0.05, 0) is 6.42 Å². The van der Waals surface area contributed by atoms with Crippen LogP contribution in [-0.4, -0.2) is 36.9 Å². The number of nitrogens with two attached hydrogens (primary N) is 1. The van der Waals surface area contributed by atoms with Crippen LogP contribution in [0.1, 0.15) is 6.42 Å². The monoisotopic (exact) mass is 192 g/mol. The van der Waals surface area contributed by atoms with E-state index in [1.807, 2.05) is 0 Å². The van der Waals surface area contributed by atoms with Gasteiger partial charge in [0.2, 0.25) is 5.91 Å². The molecule has 0 aromatic heterocycles. The highest BCUT2D eigenvalue weighted by molar-refractivity contribution is 5.81. The van der Waals surface area contributed by atoms with Crippen LogP contribution in [0, 0.1) is 0 Å². The van der Waals surface area contributed by atoms with E-state index in [1.54, 1.807) is 0 Å². The molecule has 13 heavy (non-hydrogen) atoms. The summed E-state index contributed by atoms with van der Waals surface area (Å²) in [7, 11) is 1.30. The first-order valence-electron chi connectivity index (χ1n) is 3.88. The SMILES string of the molecule is C=CCC(N)C(=O)N(C)CC(F)F. The van der Waals surface area contributed by atoms with Crippen molar-refractivity contribution in [2.24, 2.45) is 5.73 Å². The van der Waals surface area contributed by atoms with E-state index in [1.165, 1.54) is 13.1 Å². The van der Waals surface area contributed by atoms with Gasteiger partial charge in [0.25, 0.3) is 6.43 Å². The highest BCUT2D eigenvalue weighted by Gasteiger charge is 2.19. The molecule has 0 spiro atoms. The fourth-order valence-electron chi connectivity index (χ4n) is 0.860. The van der Waals surface area contributed by atoms with E-state index in [0.29, 0.717) is 6.42 Å². The molecule has 1 atom stereocenters. The van der Waals surface area contributed by atoms with Crippen LogP contribution in [-0.2, 0) is 4.79 Å². The Balaban J connectivity index is 4.00. The third kappa shape index (κ3) is 4.57. The van der Waals surface area contributed by atoms with Crippen LogP contribution < -0.4 is 5.73 Å². The van der Waals surface area contributed by atoms with Crippen molar-refractivity contribution in [3.63, 3.8) is 0 Å². The van der Waals surface area contributed by atoms with Crippen LogP contribution in [0.2, 0.25) is 0 Å². The molecule has 0 aromatic rings. The average Bonchev–Trinajstić information content (AvgIpc) is 2.02. The number of carbonyl (C=O) groups excluding carboxylic acids is 1. The molecule has 0 heterocycles. The summed E-state index contributed by atoms with van der Waals surface area (Å²) in [5.41, 5.74) is 5.40. The molecule has 0 saturated carbocycles. The Labute approximate surface area is 76.2 Å². The van der Waals surface area contributed by atoms with Crippen molar-refractivity contribution in [1.82, 2.24) is 4.90 Å². The molecule has 0 aliphatic rings. The predicted octanol–water partition coefficient (Wildman–Crippen LogP) is 0.613. The van der Waals surface area contributed by atoms with E-state index in [0.717, 1.165) is 4.90 Å². The lowest BCUT2D eigenvalue weighted by Crippen LogP contribution is -2.43. The molecule has 1 amide bonds. The zero-order chi connectivity index (χ0) is 10.4. The van der Waals surface area contributed by atoms with Gasteiger partial charge in [-0.25, -0.2) is 8.78 Å². The van der Waals surface area contributed by atoms with Crippen LogP contribution in [0.4, 0.5) is 8.78 Å². The topological polar surface area (TPSA) is 46.3 Å². The Morgan fingerprint density at radius 2 is 2.23 bits per heavy atom. The molecule has 5 heteroatoms. The summed E-state index contributed by atoms with van der Waals surface area (Å²) >= 11 is 0. The number of nitrogens with zero attached hydrogens (tertiary/aromatic N) is 1. The summed E-state index contributed by atoms with van der Waals surface area (Å²) in [6.07, 6.45) is -0.740. The Hall–Kier alpha value is -0.970. The van der Waals surface area contributed by atoms with Crippen LogP contribution >= 0.6 is 0 Å². The predicted molar refractivity (Wildman–Crippen MR) is 46.4 cm³/mol. The molecular weight excluding hydrogens is 178 g/mol. The molecule has 0 fully saturated rings. The van der Waals surface area contributed by atoms with E-state index < -0.39 is 24.9 Å². The van der Waals surface area contributed by atoms with Crippen LogP contribution in [0.5, 0.6) is 0 Å². The quantitative estimate of drug-likeness (QED) is 0.649. The van der Waals surface area contributed by atoms with Crippen molar-refractivity contribution in [3.8, 4) is 0 Å². The number of likely N-dealkylation sites (N-methyl/N-ethyl adjacent to an activating group) is 1. The third-order valence-electron chi connectivity index (χ3n) is 1.53. The van der Waals surface area contributed by atoms with Crippen molar-refractivity contribution in [2.75, 3.05) is 13.6 Å². The van der Waals surface area contributed by atoms with Gasteiger partial charge in [0.05, 0.1) is 12.6 Å². The summed E-state index contributed by atoms with van der Waals surface area (Å²) < 4.78 is 23.7. The molecule has 0 aliphatic carbocycles. The van der Waals surface area contributed by atoms with Crippen LogP contribution in [0.25, 0.3) is 0 Å². The smallest absolute Gasteiger partial charge is 0.255 e. The second kappa shape index (κ2) is 5.64. The number of hydrogen-bond donors (Lipinski definition) is 1. The Bertz CT molecular complexity index is 185. The van der Waals surface area contributed by atoms with Crippen molar-refractivity contribution >= 4 is 5.91 Å². The van der Waals surface area contributed by atoms with Gasteiger partial charge in [0, 0.05) is 7.05 Å². The summed E-state index contributed by atoms with van der Waals surface area (Å²) in [6.45, 7) is 2.82. The number of amides is 1. The molecule has 1 unspecified atom stereocenters. The Morgan fingerprint density at radius 3 is 2.62 bits per heavy atom. The number of carbonyl (C=O) groups is 1. The van der Waals surface area contributed by atoms with Gasteiger partial charge < -0.3 is 10.6 Å². The molecule has 0 aliphatic heterocycles. The normalized spacial score (nSPS) is 12.7. The maximum absolute atomic E-state index is 11.8. The van der Waals surface area contributed by atoms with Gasteiger partial charge >= 0.3 is 0 Å². The van der Waals surface area contributed by atoms with Crippen molar-refractivity contribution < 1.29 is 13.6 Å². The maximum Gasteiger partial charge on any atom is 0.255 e. The first-order valence-corrected chi connectivity index (χ1v) is 3.88. The highest BCUT2D eigenvalue weighted by atomic mass is 19.3. The van der Waals surface area contributed by atoms with Crippen molar-refractivity contribution in [1.29, 1.82) is 0 Å². The number of halogens is 2. The first-order chi connectivity index (χ1) is 5.99. The fourth-order valence-corrected chi connectivity index (χ4v) is 0.860. The molecule has 0 saturated heterocycles. The number of alkyl halides is 2. The molecule has 0 bridgehead atoms. The molecule has 2 N–H and O–H groups in total. The van der Waals surface area contributed by atoms with Gasteiger partial charge in [-0.3, -0.25) is 4.79 Å². The lowest BCUT2D eigenvalue weighted by Gasteiger charge is -2.19. The molecule has 0 aromatic carbocycles. The average molecular weight is 192 g/mol. The van der Waals surface area contributed by atoms with E-state index in [4.69, 9.17) is 5.73 Å². The second-order valence-corrected chi connectivity index (χ2v) is 2.74. The lowest BCUT2D eigenvalue weighted by molar-refractivity contribution is -0.132. The summed E-state index contributed by atoms with van der Waals surface area (Å²) in [4.78, 5) is 12.1. The minimum atomic E-state index is -2.52. The summed E-state index contributed by atoms with van der Waals surface area (Å²) in [5, 5.41) is 0. The van der Waals surface area contributed by atoms with Crippen molar-refractivity contribution in [2.45, 2.75) is 18.9 Å². The maximum atomic E-state index is 11.8. The molecule has 76 valence electrons. The fraction of sp³-hybridized carbons (Fsp3) is 0.625. The number of rotatable bonds is 5. The largest absolute Gasteiger partial charge is 0.339 e. The zero-order valence-corrected chi connectivity index (χ0v) is 7.54. The number of hydrogen-bond acceptors (Lipinski definition) is 2. The minimum Gasteiger partial charge on any atom is -0.339 e. The van der Waals surface area contributed by atoms with E-state index >= 15 is 0 Å². The van der Waals surface area contributed by atoms with E-state index in [2.05, 4.69) is 6.58 Å². The van der Waals surface area contributed by atoms with Gasteiger partial charge in [-0.15, -0.1) is 6.58 Å². The standard InChI is InChI=1S/C8H14F2N2O/c1-3-4-6(11)8(13)12(2)5-7(9)10/h3,6-7H,1,4-5,11H2,2H3. The summed E-state index contributed by atoms with van der Waals surface area (Å²) in [5.74, 6) is -0.486. The molecule has 0 radical (unpaired) electrons. The van der Waals surface area contributed by atoms with E-state index in [-0.39, 0.29) is 0 Å². The minimum absolute atomic E-state index is 0.298. The first kappa shape index (κ1) is 12.0. The second-order valence-electron chi connectivity index (χ2n) is 2.74. The summed E-state index contributed by atoms with van der Waals surface area (Å²) in [6, 6.07) is -0.763. The highest BCUT2D eigenvalue weighted by Crippen LogP contribution is 2.00. The van der Waals surface area contributed by atoms with Crippen LogP contribution in [0.3, 0.4) is 0 Å². The molecular formula is C8H14F2N2O. The van der Waals surface area contributed by atoms with Gasteiger partial charge in [-0.2, -0.15) is 0 Å². The zero-order valence-electron chi connectivity index (χ0n) is 7.54. The van der Waals surface area contributed by atoms with Gasteiger partial charge in [0.15, 0.2) is 0 Å². The van der Waals surface area contributed by atoms with Crippen molar-refractivity contribution in [3.05, 3.63) is 12.7 Å². The Morgan fingerprint density at radius 1 is 1.69 bits per heavy atom. The molecule has 3 nitrogen and oxygen atoms in total. The molecule has 0 rings (SSSR count). The van der Waals surface area contributed by atoms with Gasteiger partial charge in [0.1, 0.15) is 0 Å². The van der Waals surface area contributed by atoms with Gasteiger partial charge in [-0.1, -0.05) is 6.08 Å². The lowest BCUT2D eigenvalue weighted by atomic mass is 10.2. The Kier molecular flexibility index (Phi) is 5.22.